The predicted octanol–water partition coefficient (Wildman–Crippen LogP) is 1.50. The quantitative estimate of drug-likeness (QED) is 0.865. The summed E-state index contributed by atoms with van der Waals surface area (Å²) in [7, 11) is 0. The lowest BCUT2D eigenvalue weighted by Crippen LogP contribution is -2.18. The van der Waals surface area contributed by atoms with Crippen LogP contribution in [0.1, 0.15) is 37.4 Å². The van der Waals surface area contributed by atoms with Crippen LogP contribution >= 0.6 is 0 Å². The number of hydrogen-bond acceptors (Lipinski definition) is 4. The topological polar surface area (TPSA) is 69.6 Å². The molecule has 2 N–H and O–H groups in total. The molecular formula is C12H17N5. The molecule has 2 rings (SSSR count). The third kappa shape index (κ3) is 2.68. The summed E-state index contributed by atoms with van der Waals surface area (Å²) in [5, 5.41) is 4.19. The molecule has 17 heavy (non-hydrogen) atoms. The third-order valence-electron chi connectivity index (χ3n) is 2.61. The third-order valence-corrected chi connectivity index (χ3v) is 2.61. The van der Waals surface area contributed by atoms with Crippen LogP contribution in [0.15, 0.2) is 30.7 Å². The average molecular weight is 231 g/mol. The van der Waals surface area contributed by atoms with Crippen molar-refractivity contribution in [3.05, 3.63) is 42.2 Å². The molecule has 0 spiro atoms. The van der Waals surface area contributed by atoms with E-state index in [-0.39, 0.29) is 6.04 Å². The molecule has 90 valence electrons. The van der Waals surface area contributed by atoms with Gasteiger partial charge in [0.25, 0.3) is 0 Å². The highest BCUT2D eigenvalue weighted by Crippen LogP contribution is 2.14. The van der Waals surface area contributed by atoms with Gasteiger partial charge in [0.2, 0.25) is 0 Å². The van der Waals surface area contributed by atoms with Gasteiger partial charge in [-0.3, -0.25) is 4.98 Å². The maximum Gasteiger partial charge on any atom is 0.138 e. The number of hydrogen-bond donors (Lipinski definition) is 1. The Balaban J connectivity index is 2.13. The maximum atomic E-state index is 6.11. The van der Waals surface area contributed by atoms with E-state index < -0.39 is 0 Å². The van der Waals surface area contributed by atoms with E-state index in [0.29, 0.717) is 12.5 Å². The molecule has 2 aromatic heterocycles. The number of rotatable bonds is 4. The Kier molecular flexibility index (Phi) is 3.49. The summed E-state index contributed by atoms with van der Waals surface area (Å²) in [6.07, 6.45) is 3.97. The minimum atomic E-state index is -0.141. The number of aromatic nitrogens is 4. The van der Waals surface area contributed by atoms with Crippen molar-refractivity contribution in [3.63, 3.8) is 0 Å². The van der Waals surface area contributed by atoms with Gasteiger partial charge >= 0.3 is 0 Å². The minimum Gasteiger partial charge on any atom is -0.322 e. The van der Waals surface area contributed by atoms with Crippen LogP contribution in [0.25, 0.3) is 0 Å². The first-order valence-corrected chi connectivity index (χ1v) is 5.73. The first-order chi connectivity index (χ1) is 8.18. The van der Waals surface area contributed by atoms with Crippen LogP contribution in [0.4, 0.5) is 0 Å². The first kappa shape index (κ1) is 11.7. The summed E-state index contributed by atoms with van der Waals surface area (Å²) >= 11 is 0. The van der Waals surface area contributed by atoms with Gasteiger partial charge in [-0.1, -0.05) is 6.07 Å². The Morgan fingerprint density at radius 3 is 2.76 bits per heavy atom. The molecule has 1 atom stereocenters. The molecular weight excluding hydrogens is 214 g/mol. The van der Waals surface area contributed by atoms with E-state index in [1.807, 2.05) is 22.9 Å². The molecule has 0 aliphatic heterocycles. The highest BCUT2D eigenvalue weighted by molar-refractivity contribution is 5.10. The lowest BCUT2D eigenvalue weighted by Gasteiger charge is -2.13. The molecule has 0 aromatic carbocycles. The minimum absolute atomic E-state index is 0.141. The van der Waals surface area contributed by atoms with E-state index in [4.69, 9.17) is 5.73 Å². The van der Waals surface area contributed by atoms with E-state index >= 15 is 0 Å². The molecule has 5 heteroatoms. The zero-order chi connectivity index (χ0) is 12.3. The molecule has 5 nitrogen and oxygen atoms in total. The van der Waals surface area contributed by atoms with Gasteiger partial charge in [0.1, 0.15) is 12.2 Å². The van der Waals surface area contributed by atoms with Crippen molar-refractivity contribution in [1.29, 1.82) is 0 Å². The lowest BCUT2D eigenvalue weighted by molar-refractivity contribution is 0.491. The van der Waals surface area contributed by atoms with E-state index in [1.165, 1.54) is 0 Å². The Hall–Kier alpha value is -1.75. The molecule has 0 saturated heterocycles. The summed E-state index contributed by atoms with van der Waals surface area (Å²) in [6, 6.07) is 5.91. The van der Waals surface area contributed by atoms with Crippen LogP contribution in [0, 0.1) is 0 Å². The summed E-state index contributed by atoms with van der Waals surface area (Å²) < 4.78 is 1.89. The van der Waals surface area contributed by atoms with Gasteiger partial charge in [0, 0.05) is 18.7 Å². The Morgan fingerprint density at radius 2 is 2.12 bits per heavy atom. The second-order valence-electron chi connectivity index (χ2n) is 4.28. The molecule has 0 fully saturated rings. The van der Waals surface area contributed by atoms with Gasteiger partial charge in [0.15, 0.2) is 0 Å². The number of nitrogens with two attached hydrogens (primary N) is 1. The molecule has 0 saturated carbocycles. The molecule has 1 unspecified atom stereocenters. The van der Waals surface area contributed by atoms with Crippen molar-refractivity contribution in [2.24, 2.45) is 5.73 Å². The fourth-order valence-corrected chi connectivity index (χ4v) is 1.75. The highest BCUT2D eigenvalue weighted by atomic mass is 15.3. The molecule has 2 heterocycles. The van der Waals surface area contributed by atoms with Gasteiger partial charge in [0.05, 0.1) is 11.7 Å². The van der Waals surface area contributed by atoms with Gasteiger partial charge in [-0.05, 0) is 26.0 Å². The molecule has 2 aromatic rings. The second kappa shape index (κ2) is 5.05. The Morgan fingerprint density at radius 1 is 1.29 bits per heavy atom. The van der Waals surface area contributed by atoms with E-state index in [1.54, 1.807) is 12.5 Å². The summed E-state index contributed by atoms with van der Waals surface area (Å²) in [4.78, 5) is 8.50. The second-order valence-corrected chi connectivity index (χ2v) is 4.28. The standard InChI is InChI=1S/C12H17N5/c1-9(2)17-12(15-8-16-17)7-10(13)11-5-3-4-6-14-11/h3-6,8-10H,7,13H2,1-2H3. The van der Waals surface area contributed by atoms with Crippen LogP contribution in [0.3, 0.4) is 0 Å². The molecule has 0 bridgehead atoms. The van der Waals surface area contributed by atoms with E-state index in [2.05, 4.69) is 28.9 Å². The lowest BCUT2D eigenvalue weighted by atomic mass is 10.1. The molecule has 0 radical (unpaired) electrons. The molecule has 0 amide bonds. The number of pyridine rings is 1. The van der Waals surface area contributed by atoms with Crippen LogP contribution in [0.5, 0.6) is 0 Å². The Labute approximate surface area is 101 Å². The zero-order valence-electron chi connectivity index (χ0n) is 10.1. The van der Waals surface area contributed by atoms with E-state index in [0.717, 1.165) is 11.5 Å². The van der Waals surface area contributed by atoms with Crippen molar-refractivity contribution in [2.45, 2.75) is 32.4 Å². The fraction of sp³-hybridized carbons (Fsp3) is 0.417. The summed E-state index contributed by atoms with van der Waals surface area (Å²) in [5.41, 5.74) is 6.99. The monoisotopic (exact) mass is 231 g/mol. The van der Waals surface area contributed by atoms with Gasteiger partial charge in [-0.25, -0.2) is 9.67 Å². The van der Waals surface area contributed by atoms with Crippen LogP contribution < -0.4 is 5.73 Å². The number of nitrogens with zero attached hydrogens (tertiary/aromatic N) is 4. The van der Waals surface area contributed by atoms with Crippen LogP contribution in [0.2, 0.25) is 0 Å². The van der Waals surface area contributed by atoms with Crippen molar-refractivity contribution in [3.8, 4) is 0 Å². The van der Waals surface area contributed by atoms with Crippen molar-refractivity contribution < 1.29 is 0 Å². The van der Waals surface area contributed by atoms with Crippen LogP contribution in [-0.2, 0) is 6.42 Å². The summed E-state index contributed by atoms with van der Waals surface area (Å²) in [6.45, 7) is 4.15. The fourth-order valence-electron chi connectivity index (χ4n) is 1.75. The maximum absolute atomic E-state index is 6.11. The molecule has 0 aliphatic rings. The van der Waals surface area contributed by atoms with Crippen molar-refractivity contribution in [2.75, 3.05) is 0 Å². The van der Waals surface area contributed by atoms with Gasteiger partial charge in [-0.15, -0.1) is 0 Å². The molecule has 0 aliphatic carbocycles. The predicted molar refractivity (Wildman–Crippen MR) is 65.3 cm³/mol. The van der Waals surface area contributed by atoms with E-state index in [9.17, 15) is 0 Å². The normalized spacial score (nSPS) is 12.9. The Bertz CT molecular complexity index is 463. The van der Waals surface area contributed by atoms with Crippen molar-refractivity contribution >= 4 is 0 Å². The first-order valence-electron chi connectivity index (χ1n) is 5.73. The zero-order valence-corrected chi connectivity index (χ0v) is 10.1. The average Bonchev–Trinajstić information content (AvgIpc) is 2.78. The van der Waals surface area contributed by atoms with Crippen LogP contribution in [-0.4, -0.2) is 19.7 Å². The van der Waals surface area contributed by atoms with Crippen molar-refractivity contribution in [1.82, 2.24) is 19.7 Å². The largest absolute Gasteiger partial charge is 0.322 e. The highest BCUT2D eigenvalue weighted by Gasteiger charge is 2.14. The summed E-state index contributed by atoms with van der Waals surface area (Å²) in [5.74, 6) is 0.901. The SMILES string of the molecule is CC(C)n1ncnc1CC(N)c1ccccn1. The van der Waals surface area contributed by atoms with Gasteiger partial charge < -0.3 is 5.73 Å². The smallest absolute Gasteiger partial charge is 0.138 e. The van der Waals surface area contributed by atoms with Gasteiger partial charge in [-0.2, -0.15) is 5.10 Å².